The first kappa shape index (κ1) is 17.2. The summed E-state index contributed by atoms with van der Waals surface area (Å²) in [6.45, 7) is 7.37. The summed E-state index contributed by atoms with van der Waals surface area (Å²) in [7, 11) is -1.08. The van der Waals surface area contributed by atoms with Crippen LogP contribution in [-0.4, -0.2) is 22.9 Å². The zero-order chi connectivity index (χ0) is 17.5. The molecule has 25 heavy (non-hydrogen) atoms. The molecule has 2 aromatic carbocycles. The molecular weight excluding hydrogens is 329 g/mol. The van der Waals surface area contributed by atoms with Crippen molar-refractivity contribution in [1.29, 1.82) is 0 Å². The van der Waals surface area contributed by atoms with Gasteiger partial charge in [-0.2, -0.15) is 0 Å². The fourth-order valence-electron chi connectivity index (χ4n) is 3.93. The van der Waals surface area contributed by atoms with Crippen molar-refractivity contribution in [3.8, 4) is 0 Å². The van der Waals surface area contributed by atoms with Gasteiger partial charge >= 0.3 is 0 Å². The third kappa shape index (κ3) is 3.04. The topological polar surface area (TPSA) is 21.7 Å². The maximum Gasteiger partial charge on any atom is 0.260 e. The molecule has 2 heterocycles. The number of nitrogens with zero attached hydrogens (tertiary/aromatic N) is 1. The summed E-state index contributed by atoms with van der Waals surface area (Å²) >= 11 is 0. The molecule has 4 rings (SSSR count). The van der Waals surface area contributed by atoms with Gasteiger partial charge in [0.25, 0.3) is 8.53 Å². The van der Waals surface area contributed by atoms with Crippen LogP contribution in [0.5, 0.6) is 0 Å². The van der Waals surface area contributed by atoms with E-state index in [0.717, 1.165) is 13.0 Å². The molecule has 0 amide bonds. The fraction of sp³-hybridized carbons (Fsp3) is 0.429. The normalized spacial score (nSPS) is 25.9. The Kier molecular flexibility index (Phi) is 4.45. The highest BCUT2D eigenvalue weighted by Crippen LogP contribution is 2.65. The highest BCUT2D eigenvalue weighted by Gasteiger charge is 2.59. The maximum atomic E-state index is 6.83. The molecular formula is C21H26NO2P. The van der Waals surface area contributed by atoms with Gasteiger partial charge in [-0.05, 0) is 44.7 Å². The van der Waals surface area contributed by atoms with Crippen LogP contribution in [0.3, 0.4) is 0 Å². The van der Waals surface area contributed by atoms with E-state index < -0.39 is 14.1 Å². The van der Waals surface area contributed by atoms with Gasteiger partial charge in [0.1, 0.15) is 5.60 Å². The molecule has 0 N–H and O–H groups in total. The van der Waals surface area contributed by atoms with Crippen LogP contribution in [0.15, 0.2) is 60.7 Å². The second-order valence-electron chi connectivity index (χ2n) is 7.82. The van der Waals surface area contributed by atoms with Gasteiger partial charge < -0.3 is 9.05 Å². The van der Waals surface area contributed by atoms with Crippen molar-refractivity contribution in [3.05, 3.63) is 71.8 Å². The van der Waals surface area contributed by atoms with Gasteiger partial charge in [0.05, 0.1) is 11.6 Å². The Labute approximate surface area is 151 Å². The third-order valence-corrected chi connectivity index (χ3v) is 6.93. The van der Waals surface area contributed by atoms with E-state index >= 15 is 0 Å². The van der Waals surface area contributed by atoms with Gasteiger partial charge in [-0.25, -0.2) is 4.67 Å². The molecule has 0 radical (unpaired) electrons. The molecule has 0 aliphatic carbocycles. The zero-order valence-corrected chi connectivity index (χ0v) is 16.1. The molecule has 132 valence electrons. The van der Waals surface area contributed by atoms with Gasteiger partial charge in [0, 0.05) is 6.54 Å². The molecule has 2 saturated heterocycles. The smallest absolute Gasteiger partial charge is 0.260 e. The lowest BCUT2D eigenvalue weighted by Crippen LogP contribution is -2.40. The number of hydrogen-bond acceptors (Lipinski definition) is 3. The predicted molar refractivity (Wildman–Crippen MR) is 102 cm³/mol. The molecule has 2 aromatic rings. The molecule has 1 unspecified atom stereocenters. The molecule has 3 nitrogen and oxygen atoms in total. The predicted octanol–water partition coefficient (Wildman–Crippen LogP) is 5.47. The summed E-state index contributed by atoms with van der Waals surface area (Å²) < 4.78 is 15.7. The third-order valence-electron chi connectivity index (χ3n) is 4.88. The Morgan fingerprint density at radius 1 is 1.00 bits per heavy atom. The van der Waals surface area contributed by atoms with E-state index in [1.54, 1.807) is 0 Å². The minimum Gasteiger partial charge on any atom is -0.316 e. The van der Waals surface area contributed by atoms with Gasteiger partial charge in [0.15, 0.2) is 0 Å². The average molecular weight is 355 g/mol. The van der Waals surface area contributed by atoms with Gasteiger partial charge in [0.2, 0.25) is 0 Å². The monoisotopic (exact) mass is 355 g/mol. The lowest BCUT2D eigenvalue weighted by Gasteiger charge is -2.34. The standard InChI is InChI=1S/C21H26NO2P/c1-20(2,3)23-25-22-16-10-15-19(22)21(24-25,17-11-6-4-7-12-17)18-13-8-5-9-14-18/h4-9,11-14,19H,10,15-16H2,1-3H3/t19-,25?/m0/s1. The largest absolute Gasteiger partial charge is 0.316 e. The minimum atomic E-state index is -1.08. The van der Waals surface area contributed by atoms with E-state index in [9.17, 15) is 0 Å². The molecule has 2 aliphatic rings. The summed E-state index contributed by atoms with van der Waals surface area (Å²) in [5.74, 6) is 0. The van der Waals surface area contributed by atoms with Crippen LogP contribution in [-0.2, 0) is 14.6 Å². The van der Waals surface area contributed by atoms with Crippen LogP contribution < -0.4 is 0 Å². The van der Waals surface area contributed by atoms with E-state index in [1.165, 1.54) is 17.5 Å². The Balaban J connectivity index is 1.84. The first-order valence-corrected chi connectivity index (χ1v) is 10.2. The van der Waals surface area contributed by atoms with Crippen molar-refractivity contribution in [1.82, 2.24) is 4.67 Å². The number of rotatable bonds is 3. The molecule has 2 fully saturated rings. The van der Waals surface area contributed by atoms with Crippen molar-refractivity contribution in [3.63, 3.8) is 0 Å². The second-order valence-corrected chi connectivity index (χ2v) is 9.18. The van der Waals surface area contributed by atoms with Crippen molar-refractivity contribution < 1.29 is 9.05 Å². The summed E-state index contributed by atoms with van der Waals surface area (Å²) in [5, 5.41) is 0. The minimum absolute atomic E-state index is 0.220. The van der Waals surface area contributed by atoms with Crippen molar-refractivity contribution >= 4 is 8.53 Å². The molecule has 2 atom stereocenters. The van der Waals surface area contributed by atoms with Crippen LogP contribution in [0.1, 0.15) is 44.7 Å². The maximum absolute atomic E-state index is 6.83. The molecule has 2 aliphatic heterocycles. The van der Waals surface area contributed by atoms with E-state index in [-0.39, 0.29) is 5.60 Å². The summed E-state index contributed by atoms with van der Waals surface area (Å²) in [4.78, 5) is 0. The Morgan fingerprint density at radius 3 is 2.08 bits per heavy atom. The lowest BCUT2D eigenvalue weighted by atomic mass is 9.79. The van der Waals surface area contributed by atoms with Crippen molar-refractivity contribution in [2.75, 3.05) is 6.54 Å². The van der Waals surface area contributed by atoms with E-state index in [1.807, 2.05) is 0 Å². The Bertz CT molecular complexity index is 674. The summed E-state index contributed by atoms with van der Waals surface area (Å²) in [6, 6.07) is 21.7. The molecule has 0 saturated carbocycles. The van der Waals surface area contributed by atoms with Crippen LogP contribution in [0.4, 0.5) is 0 Å². The fourth-order valence-corrected chi connectivity index (χ4v) is 6.04. The average Bonchev–Trinajstić information content (AvgIpc) is 3.19. The second kappa shape index (κ2) is 6.48. The zero-order valence-electron chi connectivity index (χ0n) is 15.2. The number of benzene rings is 2. The Hall–Kier alpha value is -1.25. The highest BCUT2D eigenvalue weighted by molar-refractivity contribution is 7.45. The number of fused-ring (bicyclic) bond motifs is 1. The highest BCUT2D eigenvalue weighted by atomic mass is 31.2. The van der Waals surface area contributed by atoms with Crippen LogP contribution >= 0.6 is 8.53 Å². The van der Waals surface area contributed by atoms with Crippen molar-refractivity contribution in [2.24, 2.45) is 0 Å². The molecule has 0 bridgehead atoms. The van der Waals surface area contributed by atoms with Crippen LogP contribution in [0.25, 0.3) is 0 Å². The van der Waals surface area contributed by atoms with Crippen molar-refractivity contribution in [2.45, 2.75) is 50.9 Å². The quantitative estimate of drug-likeness (QED) is 0.682. The van der Waals surface area contributed by atoms with Gasteiger partial charge in [-0.1, -0.05) is 60.7 Å². The first-order chi connectivity index (χ1) is 12.0. The van der Waals surface area contributed by atoms with Crippen LogP contribution in [0.2, 0.25) is 0 Å². The lowest BCUT2D eigenvalue weighted by molar-refractivity contribution is 0.0755. The van der Waals surface area contributed by atoms with Gasteiger partial charge in [-0.3, -0.25) is 0 Å². The summed E-state index contributed by atoms with van der Waals surface area (Å²) in [6.07, 6.45) is 2.33. The number of hydrogen-bond donors (Lipinski definition) is 0. The summed E-state index contributed by atoms with van der Waals surface area (Å²) in [5.41, 5.74) is 1.78. The molecule has 0 spiro atoms. The van der Waals surface area contributed by atoms with E-state index in [0.29, 0.717) is 6.04 Å². The first-order valence-electron chi connectivity index (χ1n) is 9.07. The van der Waals surface area contributed by atoms with Gasteiger partial charge in [-0.15, -0.1) is 0 Å². The molecule has 4 heteroatoms. The van der Waals surface area contributed by atoms with E-state index in [4.69, 9.17) is 9.05 Å². The molecule has 0 aromatic heterocycles. The van der Waals surface area contributed by atoms with Crippen LogP contribution in [0, 0.1) is 0 Å². The SMILES string of the molecule is CC(C)(C)OP1OC(c2ccccc2)(c2ccccc2)[C@@H]2CCCN21. The van der Waals surface area contributed by atoms with E-state index in [2.05, 4.69) is 86.1 Å². The Morgan fingerprint density at radius 2 is 1.56 bits per heavy atom.